The molecule has 0 atom stereocenters. The Morgan fingerprint density at radius 2 is 2.17 bits per heavy atom. The molecule has 0 bridgehead atoms. The van der Waals surface area contributed by atoms with Gasteiger partial charge in [-0.15, -0.1) is 0 Å². The van der Waals surface area contributed by atoms with Crippen molar-refractivity contribution < 1.29 is 4.39 Å². The Morgan fingerprint density at radius 3 is 2.79 bits per heavy atom. The van der Waals surface area contributed by atoms with E-state index >= 15 is 0 Å². The van der Waals surface area contributed by atoms with Crippen LogP contribution in [0.1, 0.15) is 49.8 Å². The zero-order valence-electron chi connectivity index (χ0n) is 13.7. The molecule has 1 saturated carbocycles. The number of hydrogen-bond donors (Lipinski definition) is 1. The summed E-state index contributed by atoms with van der Waals surface area (Å²) >= 11 is 0. The van der Waals surface area contributed by atoms with Gasteiger partial charge in [-0.1, -0.05) is 25.1 Å². The van der Waals surface area contributed by atoms with E-state index in [4.69, 9.17) is 5.73 Å². The van der Waals surface area contributed by atoms with Crippen LogP contribution in [0.3, 0.4) is 0 Å². The second-order valence-electron chi connectivity index (χ2n) is 6.01. The van der Waals surface area contributed by atoms with E-state index in [1.807, 2.05) is 6.92 Å². The van der Waals surface area contributed by atoms with E-state index < -0.39 is 0 Å². The van der Waals surface area contributed by atoms with Gasteiger partial charge in [0.05, 0.1) is 18.8 Å². The fourth-order valence-corrected chi connectivity index (χ4v) is 2.80. The second kappa shape index (κ2) is 6.95. The number of rotatable bonds is 5. The lowest BCUT2D eigenvalue weighted by Gasteiger charge is -2.26. The van der Waals surface area contributed by atoms with E-state index in [9.17, 15) is 9.18 Å². The maximum absolute atomic E-state index is 13.7. The summed E-state index contributed by atoms with van der Waals surface area (Å²) in [5.74, 6) is -0.289. The molecule has 0 saturated heterocycles. The van der Waals surface area contributed by atoms with Crippen molar-refractivity contribution in [2.75, 3.05) is 5.73 Å². The quantitative estimate of drug-likeness (QED) is 0.857. The minimum absolute atomic E-state index is 0.161. The molecule has 2 aromatic rings. The molecule has 0 amide bonds. The van der Waals surface area contributed by atoms with Gasteiger partial charge < -0.3 is 5.73 Å². The molecule has 24 heavy (non-hydrogen) atoms. The van der Waals surface area contributed by atoms with Crippen molar-refractivity contribution in [3.63, 3.8) is 0 Å². The molecule has 0 aliphatic heterocycles. The number of aromatic nitrogens is 2. The highest BCUT2D eigenvalue weighted by Gasteiger charge is 2.23. The maximum Gasteiger partial charge on any atom is 0.290 e. The van der Waals surface area contributed by atoms with Gasteiger partial charge in [0.1, 0.15) is 11.5 Å². The Morgan fingerprint density at radius 1 is 1.42 bits per heavy atom. The lowest BCUT2D eigenvalue weighted by Crippen LogP contribution is -2.33. The third kappa shape index (κ3) is 3.09. The monoisotopic (exact) mass is 328 g/mol. The minimum Gasteiger partial charge on any atom is -0.394 e. The summed E-state index contributed by atoms with van der Waals surface area (Å²) in [6, 6.07) is 6.68. The van der Waals surface area contributed by atoms with Gasteiger partial charge >= 0.3 is 0 Å². The summed E-state index contributed by atoms with van der Waals surface area (Å²) < 4.78 is 15.2. The second-order valence-corrected chi connectivity index (χ2v) is 6.01. The number of benzene rings is 1. The molecule has 5 nitrogen and oxygen atoms in total. The summed E-state index contributed by atoms with van der Waals surface area (Å²) in [6.07, 6.45) is 5.25. The zero-order chi connectivity index (χ0) is 17.1. The molecule has 0 unspecified atom stereocenters. The summed E-state index contributed by atoms with van der Waals surface area (Å²) in [7, 11) is 0. The van der Waals surface area contributed by atoms with Crippen molar-refractivity contribution in [3.8, 4) is 0 Å². The summed E-state index contributed by atoms with van der Waals surface area (Å²) in [5, 5.41) is 4.27. The van der Waals surface area contributed by atoms with Gasteiger partial charge in [-0.25, -0.2) is 9.07 Å². The molecule has 1 fully saturated rings. The number of nitrogen functional groups attached to an aromatic ring is 1. The number of nitrogens with two attached hydrogens (primary N) is 1. The van der Waals surface area contributed by atoms with Gasteiger partial charge in [-0.2, -0.15) is 5.10 Å². The third-order valence-corrected chi connectivity index (χ3v) is 4.50. The first-order valence-electron chi connectivity index (χ1n) is 8.26. The Balaban J connectivity index is 1.90. The number of hydrogen-bond acceptors (Lipinski definition) is 4. The summed E-state index contributed by atoms with van der Waals surface area (Å²) in [6.45, 7) is 2.14. The molecular weight excluding hydrogens is 307 g/mol. The number of halogens is 1. The minimum atomic E-state index is -0.289. The molecule has 2 N–H and O–H groups in total. The molecule has 1 aromatic carbocycles. The number of anilines is 1. The smallest absolute Gasteiger partial charge is 0.290 e. The van der Waals surface area contributed by atoms with E-state index in [1.54, 1.807) is 24.4 Å². The van der Waals surface area contributed by atoms with Crippen molar-refractivity contribution in [1.82, 2.24) is 9.78 Å². The molecule has 6 heteroatoms. The van der Waals surface area contributed by atoms with Crippen LogP contribution in [0.5, 0.6) is 0 Å². The highest BCUT2D eigenvalue weighted by molar-refractivity contribution is 6.04. The van der Waals surface area contributed by atoms with Gasteiger partial charge in [-0.05, 0) is 31.7 Å². The van der Waals surface area contributed by atoms with Crippen molar-refractivity contribution in [1.29, 1.82) is 0 Å². The Labute approximate surface area is 140 Å². The van der Waals surface area contributed by atoms with Crippen molar-refractivity contribution in [2.45, 2.75) is 45.2 Å². The maximum atomic E-state index is 13.7. The average molecular weight is 328 g/mol. The van der Waals surface area contributed by atoms with E-state index in [1.165, 1.54) is 10.7 Å². The van der Waals surface area contributed by atoms with Crippen LogP contribution in [-0.4, -0.2) is 15.5 Å². The molecule has 1 aromatic heterocycles. The topological polar surface area (TPSA) is 73.3 Å². The van der Waals surface area contributed by atoms with Crippen LogP contribution in [0.15, 0.2) is 40.2 Å². The van der Waals surface area contributed by atoms with E-state index in [-0.39, 0.29) is 29.7 Å². The molecule has 1 heterocycles. The number of aliphatic imine (C=N–C) groups is 1. The van der Waals surface area contributed by atoms with Gasteiger partial charge in [0.25, 0.3) is 5.56 Å². The molecular formula is C18H21FN4O. The first-order chi connectivity index (χ1) is 11.6. The fourth-order valence-electron chi connectivity index (χ4n) is 2.80. The van der Waals surface area contributed by atoms with E-state index in [0.717, 1.165) is 19.3 Å². The molecule has 1 aliphatic rings. The van der Waals surface area contributed by atoms with Crippen LogP contribution in [0.25, 0.3) is 0 Å². The SMILES string of the molecule is CCC(=NCc1ccccc1F)c1cnn(C2CCC2)c(=O)c1N. The van der Waals surface area contributed by atoms with Crippen LogP contribution in [0.2, 0.25) is 0 Å². The highest BCUT2D eigenvalue weighted by Crippen LogP contribution is 2.29. The summed E-state index contributed by atoms with van der Waals surface area (Å²) in [5.41, 5.74) is 7.69. The van der Waals surface area contributed by atoms with E-state index in [0.29, 0.717) is 23.3 Å². The Hall–Kier alpha value is -2.50. The van der Waals surface area contributed by atoms with Crippen LogP contribution in [-0.2, 0) is 6.54 Å². The molecule has 0 radical (unpaired) electrons. The standard InChI is InChI=1S/C18H21FN4O/c1-2-16(21-10-12-6-3-4-9-15(12)19)14-11-22-23(13-7-5-8-13)18(24)17(14)20/h3-4,6,9,11,13H,2,5,7-8,10,20H2,1H3. The van der Waals surface area contributed by atoms with E-state index in [2.05, 4.69) is 10.1 Å². The van der Waals surface area contributed by atoms with Gasteiger partial charge in [0.15, 0.2) is 0 Å². The van der Waals surface area contributed by atoms with Crippen molar-refractivity contribution in [3.05, 3.63) is 57.8 Å². The predicted molar refractivity (Wildman–Crippen MR) is 92.7 cm³/mol. The fraction of sp³-hybridized carbons (Fsp3) is 0.389. The first-order valence-corrected chi connectivity index (χ1v) is 8.26. The van der Waals surface area contributed by atoms with Crippen LogP contribution >= 0.6 is 0 Å². The lowest BCUT2D eigenvalue weighted by molar-refractivity contribution is 0.279. The van der Waals surface area contributed by atoms with Gasteiger partial charge in [0.2, 0.25) is 0 Å². The van der Waals surface area contributed by atoms with Gasteiger partial charge in [-0.3, -0.25) is 9.79 Å². The van der Waals surface area contributed by atoms with Crippen LogP contribution in [0, 0.1) is 5.82 Å². The molecule has 126 valence electrons. The first kappa shape index (κ1) is 16.4. The predicted octanol–water partition coefficient (Wildman–Crippen LogP) is 3.09. The molecule has 0 spiro atoms. The highest BCUT2D eigenvalue weighted by atomic mass is 19.1. The average Bonchev–Trinajstić information content (AvgIpc) is 2.54. The third-order valence-electron chi connectivity index (χ3n) is 4.50. The van der Waals surface area contributed by atoms with Crippen LogP contribution in [0.4, 0.5) is 10.1 Å². The Kier molecular flexibility index (Phi) is 4.74. The largest absolute Gasteiger partial charge is 0.394 e. The van der Waals surface area contributed by atoms with Crippen molar-refractivity contribution in [2.24, 2.45) is 4.99 Å². The Bertz CT molecular complexity index is 824. The molecule has 3 rings (SSSR count). The van der Waals surface area contributed by atoms with Gasteiger partial charge in [0, 0.05) is 16.8 Å². The number of nitrogens with zero attached hydrogens (tertiary/aromatic N) is 3. The molecule has 1 aliphatic carbocycles. The summed E-state index contributed by atoms with van der Waals surface area (Å²) in [4.78, 5) is 16.9. The van der Waals surface area contributed by atoms with Crippen molar-refractivity contribution >= 4 is 11.4 Å². The normalized spacial score (nSPS) is 15.3. The lowest BCUT2D eigenvalue weighted by atomic mass is 9.93. The van der Waals surface area contributed by atoms with Crippen LogP contribution < -0.4 is 11.3 Å². The zero-order valence-corrected chi connectivity index (χ0v) is 13.7.